The molecule has 1 aromatic heterocycles. The van der Waals surface area contributed by atoms with Crippen LogP contribution < -0.4 is 4.74 Å². The fraction of sp³-hybridized carbons (Fsp3) is 0.200. The van der Waals surface area contributed by atoms with Gasteiger partial charge >= 0.3 is 5.97 Å². The van der Waals surface area contributed by atoms with Crippen molar-refractivity contribution in [2.75, 3.05) is 6.61 Å². The summed E-state index contributed by atoms with van der Waals surface area (Å²) in [5, 5.41) is 0. The zero-order chi connectivity index (χ0) is 14.5. The van der Waals surface area contributed by atoms with E-state index in [0.29, 0.717) is 29.4 Å². The summed E-state index contributed by atoms with van der Waals surface area (Å²) in [6.07, 6.45) is 1.38. The fourth-order valence-corrected chi connectivity index (χ4v) is 1.62. The van der Waals surface area contributed by atoms with Crippen LogP contribution in [0.3, 0.4) is 0 Å². The van der Waals surface area contributed by atoms with Gasteiger partial charge in [-0.15, -0.1) is 0 Å². The normalized spacial score (nSPS) is 10.2. The summed E-state index contributed by atoms with van der Waals surface area (Å²) < 4.78 is 23.4. The zero-order valence-electron chi connectivity index (χ0n) is 11.2. The molecule has 5 heteroatoms. The largest absolute Gasteiger partial charge is 0.462 e. The molecule has 4 nitrogen and oxygen atoms in total. The van der Waals surface area contributed by atoms with E-state index in [2.05, 4.69) is 4.98 Å². The van der Waals surface area contributed by atoms with Gasteiger partial charge in [-0.05, 0) is 43.7 Å². The molecular formula is C15H14FNO3. The van der Waals surface area contributed by atoms with Gasteiger partial charge in [0.25, 0.3) is 0 Å². The second-order valence-corrected chi connectivity index (χ2v) is 4.12. The molecule has 0 spiro atoms. The van der Waals surface area contributed by atoms with Crippen molar-refractivity contribution in [3.05, 3.63) is 53.5 Å². The number of nitrogens with zero attached hydrogens (tertiary/aromatic N) is 1. The van der Waals surface area contributed by atoms with Gasteiger partial charge in [0.1, 0.15) is 11.6 Å². The number of pyridine rings is 1. The Hall–Kier alpha value is -2.43. The van der Waals surface area contributed by atoms with Crippen LogP contribution in [0.15, 0.2) is 36.5 Å². The van der Waals surface area contributed by atoms with E-state index in [4.69, 9.17) is 9.47 Å². The van der Waals surface area contributed by atoms with Gasteiger partial charge in [-0.1, -0.05) is 0 Å². The van der Waals surface area contributed by atoms with E-state index in [1.807, 2.05) is 0 Å². The van der Waals surface area contributed by atoms with Crippen LogP contribution in [0.5, 0.6) is 11.6 Å². The minimum Gasteiger partial charge on any atom is -0.462 e. The van der Waals surface area contributed by atoms with E-state index >= 15 is 0 Å². The van der Waals surface area contributed by atoms with Gasteiger partial charge in [0.2, 0.25) is 5.88 Å². The van der Waals surface area contributed by atoms with Crippen LogP contribution in [0, 0.1) is 12.7 Å². The third-order valence-corrected chi connectivity index (χ3v) is 2.60. The molecule has 1 aromatic carbocycles. The molecule has 0 saturated carbocycles. The third-order valence-electron chi connectivity index (χ3n) is 2.60. The predicted molar refractivity (Wildman–Crippen MR) is 71.4 cm³/mol. The van der Waals surface area contributed by atoms with E-state index in [0.717, 1.165) is 0 Å². The van der Waals surface area contributed by atoms with E-state index in [-0.39, 0.29) is 5.82 Å². The number of carbonyl (C=O) groups excluding carboxylic acids is 1. The van der Waals surface area contributed by atoms with Gasteiger partial charge in [-0.25, -0.2) is 14.2 Å². The Kier molecular flexibility index (Phi) is 4.30. The van der Waals surface area contributed by atoms with Crippen LogP contribution in [0.25, 0.3) is 0 Å². The van der Waals surface area contributed by atoms with Gasteiger partial charge < -0.3 is 9.47 Å². The lowest BCUT2D eigenvalue weighted by molar-refractivity contribution is 0.0526. The SMILES string of the molecule is CCOC(=O)c1ccc(Oc2ccc(F)cc2C)nc1. The molecule has 20 heavy (non-hydrogen) atoms. The quantitative estimate of drug-likeness (QED) is 0.801. The molecule has 0 radical (unpaired) electrons. The monoisotopic (exact) mass is 275 g/mol. The number of hydrogen-bond donors (Lipinski definition) is 0. The van der Waals surface area contributed by atoms with Crippen molar-refractivity contribution < 1.29 is 18.7 Å². The molecule has 104 valence electrons. The number of halogens is 1. The van der Waals surface area contributed by atoms with E-state index in [9.17, 15) is 9.18 Å². The Morgan fingerprint density at radius 2 is 2.10 bits per heavy atom. The van der Waals surface area contributed by atoms with Crippen molar-refractivity contribution in [3.63, 3.8) is 0 Å². The maximum atomic E-state index is 13.0. The topological polar surface area (TPSA) is 48.4 Å². The molecule has 0 fully saturated rings. The maximum absolute atomic E-state index is 13.0. The lowest BCUT2D eigenvalue weighted by atomic mass is 10.2. The molecule has 0 N–H and O–H groups in total. The van der Waals surface area contributed by atoms with Gasteiger partial charge in [-0.2, -0.15) is 0 Å². The molecule has 0 atom stereocenters. The summed E-state index contributed by atoms with van der Waals surface area (Å²) >= 11 is 0. The number of aromatic nitrogens is 1. The number of aryl methyl sites for hydroxylation is 1. The molecule has 0 bridgehead atoms. The number of carbonyl (C=O) groups is 1. The van der Waals surface area contributed by atoms with Crippen LogP contribution in [0.1, 0.15) is 22.8 Å². The highest BCUT2D eigenvalue weighted by Gasteiger charge is 2.08. The van der Waals surface area contributed by atoms with Crippen molar-refractivity contribution in [2.45, 2.75) is 13.8 Å². The third kappa shape index (κ3) is 3.32. The molecular weight excluding hydrogens is 261 g/mol. The Labute approximate surface area is 116 Å². The molecule has 1 heterocycles. The first-order valence-corrected chi connectivity index (χ1v) is 6.17. The Morgan fingerprint density at radius 1 is 1.30 bits per heavy atom. The summed E-state index contributed by atoms with van der Waals surface area (Å²) in [6, 6.07) is 7.36. The fourth-order valence-electron chi connectivity index (χ4n) is 1.62. The van der Waals surface area contributed by atoms with Crippen LogP contribution in [-0.2, 0) is 4.74 Å². The molecule has 0 aliphatic carbocycles. The summed E-state index contributed by atoms with van der Waals surface area (Å²) in [7, 11) is 0. The van der Waals surface area contributed by atoms with Crippen LogP contribution in [0.2, 0.25) is 0 Å². The van der Waals surface area contributed by atoms with E-state index < -0.39 is 5.97 Å². The standard InChI is InChI=1S/C15H14FNO3/c1-3-19-15(18)11-4-7-14(17-9-11)20-13-6-5-12(16)8-10(13)2/h4-9H,3H2,1-2H3. The van der Waals surface area contributed by atoms with Crippen LogP contribution >= 0.6 is 0 Å². The van der Waals surface area contributed by atoms with Crippen molar-refractivity contribution in [1.29, 1.82) is 0 Å². The number of ether oxygens (including phenoxy) is 2. The lowest BCUT2D eigenvalue weighted by Crippen LogP contribution is -2.05. The van der Waals surface area contributed by atoms with Gasteiger partial charge in [0.15, 0.2) is 0 Å². The van der Waals surface area contributed by atoms with E-state index in [1.165, 1.54) is 24.4 Å². The van der Waals surface area contributed by atoms with Gasteiger partial charge in [0.05, 0.1) is 12.2 Å². The average molecular weight is 275 g/mol. The smallest absolute Gasteiger partial charge is 0.339 e. The summed E-state index contributed by atoms with van der Waals surface area (Å²) in [5.74, 6) is 0.0977. The summed E-state index contributed by atoms with van der Waals surface area (Å²) in [5.41, 5.74) is 1.02. The van der Waals surface area contributed by atoms with Crippen molar-refractivity contribution in [1.82, 2.24) is 4.98 Å². The van der Waals surface area contributed by atoms with Crippen molar-refractivity contribution >= 4 is 5.97 Å². The molecule has 0 aliphatic heterocycles. The Morgan fingerprint density at radius 3 is 2.70 bits per heavy atom. The van der Waals surface area contributed by atoms with Gasteiger partial charge in [0, 0.05) is 12.3 Å². The zero-order valence-corrected chi connectivity index (χ0v) is 11.2. The van der Waals surface area contributed by atoms with Crippen LogP contribution in [0.4, 0.5) is 4.39 Å². The first-order valence-electron chi connectivity index (χ1n) is 6.17. The molecule has 0 aliphatic rings. The van der Waals surface area contributed by atoms with Crippen LogP contribution in [-0.4, -0.2) is 17.6 Å². The molecule has 0 amide bonds. The van der Waals surface area contributed by atoms with Crippen molar-refractivity contribution in [3.8, 4) is 11.6 Å². The number of esters is 1. The lowest BCUT2D eigenvalue weighted by Gasteiger charge is -2.08. The molecule has 2 rings (SSSR count). The average Bonchev–Trinajstić information content (AvgIpc) is 2.43. The second kappa shape index (κ2) is 6.14. The minimum atomic E-state index is -0.426. The molecule has 0 saturated heterocycles. The summed E-state index contributed by atoms with van der Waals surface area (Å²) in [4.78, 5) is 15.5. The predicted octanol–water partition coefficient (Wildman–Crippen LogP) is 3.50. The second-order valence-electron chi connectivity index (χ2n) is 4.12. The minimum absolute atomic E-state index is 0.311. The Balaban J connectivity index is 2.12. The summed E-state index contributed by atoms with van der Waals surface area (Å²) in [6.45, 7) is 3.79. The molecule has 2 aromatic rings. The molecule has 0 unspecified atom stereocenters. The van der Waals surface area contributed by atoms with Crippen molar-refractivity contribution in [2.24, 2.45) is 0 Å². The number of benzene rings is 1. The highest BCUT2D eigenvalue weighted by Crippen LogP contribution is 2.24. The number of rotatable bonds is 4. The first-order chi connectivity index (χ1) is 9.60. The van der Waals surface area contributed by atoms with E-state index in [1.54, 1.807) is 26.0 Å². The number of hydrogen-bond acceptors (Lipinski definition) is 4. The Bertz CT molecular complexity index is 611. The van der Waals surface area contributed by atoms with Gasteiger partial charge in [-0.3, -0.25) is 0 Å². The first kappa shape index (κ1) is 14.0. The highest BCUT2D eigenvalue weighted by molar-refractivity contribution is 5.89. The maximum Gasteiger partial charge on any atom is 0.339 e. The highest BCUT2D eigenvalue weighted by atomic mass is 19.1.